The highest BCUT2D eigenvalue weighted by atomic mass is 32.2. The molecule has 1 aromatic heterocycles. The minimum absolute atomic E-state index is 0.00645. The van der Waals surface area contributed by atoms with Crippen LogP contribution in [0.25, 0.3) is 17.0 Å². The zero-order chi connectivity index (χ0) is 40.9. The number of amides is 4. The molecule has 57 heavy (non-hydrogen) atoms. The summed E-state index contributed by atoms with van der Waals surface area (Å²) >= 11 is 0. The lowest BCUT2D eigenvalue weighted by atomic mass is 9.85. The van der Waals surface area contributed by atoms with Gasteiger partial charge in [0, 0.05) is 41.3 Å². The number of nitrogens with one attached hydrogen (secondary N) is 3. The van der Waals surface area contributed by atoms with Gasteiger partial charge in [0.2, 0.25) is 27.7 Å². The standard InChI is InChI=1S/C40H51N5O11S/c1-7-24-18-40(24,37(48)44-57(50,51)26-12-13-26)43-35(46)29-15-25-19-45(29)36(47)34(39(3,4)5)42-38(49)56-32-21-53-20-23(32)11-9-10-22-14-27-28(16-30(22)52-6)41-33(54-8-2)17-31(27)55-25/h7,9-10,14,16-17,23-26,29,32,34H,1,8,11-13,15,18-21H2,2-6H3,(H,42,49)(H,43,46)(H,44,48)/b10-9+/t23-,24+,25-,29+,32-,34-,40-/m1/s1. The van der Waals surface area contributed by atoms with Gasteiger partial charge in [-0.1, -0.05) is 39.0 Å². The van der Waals surface area contributed by atoms with E-state index in [0.717, 1.165) is 5.56 Å². The lowest BCUT2D eigenvalue weighted by Crippen LogP contribution is -2.60. The van der Waals surface area contributed by atoms with Gasteiger partial charge in [-0.05, 0) is 44.1 Å². The summed E-state index contributed by atoms with van der Waals surface area (Å²) in [6.45, 7) is 11.8. The Kier molecular flexibility index (Phi) is 10.9. The number of rotatable bonds is 9. The molecule has 4 bridgehead atoms. The molecule has 5 aliphatic rings. The number of hydrogen-bond donors (Lipinski definition) is 3. The number of sulfonamides is 1. The van der Waals surface area contributed by atoms with Crippen molar-refractivity contribution in [3.63, 3.8) is 0 Å². The second-order valence-corrected chi connectivity index (χ2v) is 18.5. The molecule has 4 fully saturated rings. The average molecular weight is 810 g/mol. The van der Waals surface area contributed by atoms with Gasteiger partial charge in [0.15, 0.2) is 0 Å². The van der Waals surface area contributed by atoms with Crippen LogP contribution in [0.15, 0.2) is 36.9 Å². The second-order valence-electron chi connectivity index (χ2n) is 16.5. The Morgan fingerprint density at radius 1 is 1.16 bits per heavy atom. The zero-order valence-electron chi connectivity index (χ0n) is 32.9. The quantitative estimate of drug-likeness (QED) is 0.313. The van der Waals surface area contributed by atoms with Gasteiger partial charge >= 0.3 is 6.09 Å². The molecule has 17 heteroatoms. The number of nitrogens with zero attached hydrogens (tertiary/aromatic N) is 2. The van der Waals surface area contributed by atoms with E-state index in [1.54, 1.807) is 40.0 Å². The molecule has 2 saturated carbocycles. The van der Waals surface area contributed by atoms with Crippen molar-refractivity contribution in [3.8, 4) is 17.4 Å². The molecule has 2 aliphatic carbocycles. The molecule has 4 heterocycles. The molecular weight excluding hydrogens is 759 g/mol. The minimum atomic E-state index is -3.92. The molecule has 308 valence electrons. The molecule has 2 aromatic rings. The lowest BCUT2D eigenvalue weighted by molar-refractivity contribution is -0.143. The fraction of sp³-hybridized carbons (Fsp3) is 0.575. The van der Waals surface area contributed by atoms with Crippen LogP contribution >= 0.6 is 0 Å². The number of carbonyl (C=O) groups excluding carboxylic acids is 4. The number of hydrogen-bond acceptors (Lipinski definition) is 12. The number of benzene rings is 1. The van der Waals surface area contributed by atoms with E-state index in [1.807, 2.05) is 25.1 Å². The summed E-state index contributed by atoms with van der Waals surface area (Å²) in [6, 6.07) is 3.00. The highest BCUT2D eigenvalue weighted by Gasteiger charge is 2.62. The van der Waals surface area contributed by atoms with Crippen LogP contribution in [0.4, 0.5) is 4.79 Å². The first-order valence-electron chi connectivity index (χ1n) is 19.4. The SMILES string of the molecule is C=C[C@H]1C[C@]1(NC(=O)[C@@H]1C[C@@H]2CN1C(=O)[C@H](C(C)(C)C)NC(=O)O[C@@H]1COC[C@H]1C/C=C/c1cc3c(cc(OCC)nc3cc1OC)O2)C(=O)NS(=O)(=O)C1CC1. The number of fused-ring (bicyclic) bond motifs is 4. The maximum Gasteiger partial charge on any atom is 0.408 e. The summed E-state index contributed by atoms with van der Waals surface area (Å²) in [7, 11) is -2.36. The van der Waals surface area contributed by atoms with Crippen LogP contribution in [0.5, 0.6) is 17.4 Å². The fourth-order valence-electron chi connectivity index (χ4n) is 7.82. The Balaban J connectivity index is 1.28. The van der Waals surface area contributed by atoms with Crippen molar-refractivity contribution in [2.45, 2.75) is 94.9 Å². The Labute approximate surface area is 332 Å². The van der Waals surface area contributed by atoms with Gasteiger partial charge in [-0.25, -0.2) is 18.2 Å². The van der Waals surface area contributed by atoms with Crippen molar-refractivity contribution >= 4 is 50.8 Å². The predicted octanol–water partition coefficient (Wildman–Crippen LogP) is 3.23. The van der Waals surface area contributed by atoms with Crippen LogP contribution < -0.4 is 29.6 Å². The number of alkyl carbamates (subject to hydrolysis) is 1. The highest BCUT2D eigenvalue weighted by molar-refractivity contribution is 7.91. The maximum atomic E-state index is 14.7. The third kappa shape index (κ3) is 8.26. The number of methoxy groups -OCH3 is 1. The average Bonchev–Trinajstić information content (AvgIpc) is 4.05. The first-order valence-corrected chi connectivity index (χ1v) is 21.0. The van der Waals surface area contributed by atoms with E-state index in [9.17, 15) is 27.6 Å². The van der Waals surface area contributed by atoms with Gasteiger partial charge in [-0.15, -0.1) is 6.58 Å². The summed E-state index contributed by atoms with van der Waals surface area (Å²) in [5.41, 5.74) is -1.16. The molecule has 7 rings (SSSR count). The van der Waals surface area contributed by atoms with E-state index in [1.165, 1.54) is 11.0 Å². The molecule has 16 nitrogen and oxygen atoms in total. The summed E-state index contributed by atoms with van der Waals surface area (Å²) in [5, 5.41) is 5.56. The van der Waals surface area contributed by atoms with Crippen molar-refractivity contribution < 1.29 is 51.3 Å². The first kappa shape index (κ1) is 40.3. The molecule has 0 radical (unpaired) electrons. The number of ether oxygens (including phenoxy) is 5. The van der Waals surface area contributed by atoms with Crippen LogP contribution in [0.3, 0.4) is 0 Å². The van der Waals surface area contributed by atoms with Crippen molar-refractivity contribution in [2.24, 2.45) is 17.3 Å². The monoisotopic (exact) mass is 809 g/mol. The summed E-state index contributed by atoms with van der Waals surface area (Å²) in [5.74, 6) is -1.56. The minimum Gasteiger partial charge on any atom is -0.496 e. The fourth-order valence-corrected chi connectivity index (χ4v) is 9.18. The molecule has 3 aliphatic heterocycles. The lowest BCUT2D eigenvalue weighted by Gasteiger charge is -2.35. The van der Waals surface area contributed by atoms with E-state index in [-0.39, 0.29) is 31.9 Å². The summed E-state index contributed by atoms with van der Waals surface area (Å²) < 4.78 is 57.5. The molecule has 1 aromatic carbocycles. The number of pyridine rings is 1. The van der Waals surface area contributed by atoms with Crippen LogP contribution in [-0.2, 0) is 33.9 Å². The number of aromatic nitrogens is 1. The number of allylic oxidation sites excluding steroid dienone is 1. The third-order valence-corrected chi connectivity index (χ3v) is 13.1. The van der Waals surface area contributed by atoms with Crippen molar-refractivity contribution in [1.29, 1.82) is 0 Å². The van der Waals surface area contributed by atoms with Gasteiger partial charge < -0.3 is 39.2 Å². The topological polar surface area (TPSA) is 201 Å². The van der Waals surface area contributed by atoms with Crippen LogP contribution in [0.1, 0.15) is 65.4 Å². The maximum absolute atomic E-state index is 14.7. The van der Waals surface area contributed by atoms with Crippen molar-refractivity contribution in [3.05, 3.63) is 42.5 Å². The molecular formula is C40H51N5O11S. The van der Waals surface area contributed by atoms with E-state index >= 15 is 0 Å². The van der Waals surface area contributed by atoms with E-state index < -0.39 is 80.3 Å². The molecule has 7 atom stereocenters. The van der Waals surface area contributed by atoms with E-state index in [4.69, 9.17) is 23.7 Å². The predicted molar refractivity (Wildman–Crippen MR) is 208 cm³/mol. The molecule has 3 N–H and O–H groups in total. The van der Waals surface area contributed by atoms with Gasteiger partial charge in [-0.2, -0.15) is 0 Å². The van der Waals surface area contributed by atoms with Crippen LogP contribution in [0.2, 0.25) is 0 Å². The van der Waals surface area contributed by atoms with E-state index in [2.05, 4.69) is 26.9 Å². The van der Waals surface area contributed by atoms with Crippen LogP contribution in [0, 0.1) is 17.3 Å². The first-order chi connectivity index (χ1) is 27.1. The van der Waals surface area contributed by atoms with Crippen LogP contribution in [-0.4, -0.2) is 111 Å². The Morgan fingerprint density at radius 3 is 2.60 bits per heavy atom. The normalized spacial score (nSPS) is 29.5. The Bertz CT molecular complexity index is 2100. The van der Waals surface area contributed by atoms with Crippen molar-refractivity contribution in [1.82, 2.24) is 25.2 Å². The third-order valence-electron chi connectivity index (χ3n) is 11.3. The number of carbonyl (C=O) groups is 4. The molecule has 0 unspecified atom stereocenters. The Morgan fingerprint density at radius 2 is 1.93 bits per heavy atom. The molecule has 0 spiro atoms. The van der Waals surface area contributed by atoms with Gasteiger partial charge in [0.05, 0.1) is 44.2 Å². The van der Waals surface area contributed by atoms with Gasteiger partial charge in [0.1, 0.15) is 41.3 Å². The Hall–Kier alpha value is -4.90. The summed E-state index contributed by atoms with van der Waals surface area (Å²) in [6.07, 6.45) is 4.77. The molecule has 2 saturated heterocycles. The second kappa shape index (κ2) is 15.5. The highest BCUT2D eigenvalue weighted by Crippen LogP contribution is 2.46. The molecule has 4 amide bonds. The van der Waals surface area contributed by atoms with Gasteiger partial charge in [-0.3, -0.25) is 19.1 Å². The zero-order valence-corrected chi connectivity index (χ0v) is 33.7. The van der Waals surface area contributed by atoms with Gasteiger partial charge in [0.25, 0.3) is 5.91 Å². The smallest absolute Gasteiger partial charge is 0.408 e. The largest absolute Gasteiger partial charge is 0.496 e. The summed E-state index contributed by atoms with van der Waals surface area (Å²) in [4.78, 5) is 62.4. The van der Waals surface area contributed by atoms with E-state index in [0.29, 0.717) is 60.8 Å². The van der Waals surface area contributed by atoms with Crippen molar-refractivity contribution in [2.75, 3.05) is 33.5 Å².